The summed E-state index contributed by atoms with van der Waals surface area (Å²) in [5, 5.41) is 2.53. The second-order valence-corrected chi connectivity index (χ2v) is 7.86. The van der Waals surface area contributed by atoms with Crippen LogP contribution in [0.1, 0.15) is 6.42 Å². The molecule has 1 aromatic heterocycles. The predicted molar refractivity (Wildman–Crippen MR) is 87.1 cm³/mol. The van der Waals surface area contributed by atoms with Crippen molar-refractivity contribution in [3.8, 4) is 0 Å². The van der Waals surface area contributed by atoms with E-state index in [4.69, 9.17) is 0 Å². The maximum atomic E-state index is 13.7. The largest absolute Gasteiger partial charge is 0.355 e. The summed E-state index contributed by atoms with van der Waals surface area (Å²) >= 11 is 0. The Morgan fingerprint density at radius 3 is 2.58 bits per heavy atom. The zero-order valence-electron chi connectivity index (χ0n) is 12.9. The lowest BCUT2D eigenvalue weighted by Crippen LogP contribution is -2.33. The van der Waals surface area contributed by atoms with Crippen LogP contribution in [0.2, 0.25) is 0 Å². The van der Waals surface area contributed by atoms with Gasteiger partial charge in [0, 0.05) is 19.3 Å². The standard InChI is InChI=1S/C15H16F2N4O2S/c1-21(10-6-8-24(22,23)9-10)13-5-7-18-15(19-13)20-14-11(16)3-2-4-12(14)17/h2-5,7,10H,6,8-9H2,1H3,(H,18,19,20). The first-order valence-electron chi connectivity index (χ1n) is 7.33. The molecule has 128 valence electrons. The molecule has 1 saturated heterocycles. The third kappa shape index (κ3) is 3.45. The average Bonchev–Trinajstić information content (AvgIpc) is 2.91. The quantitative estimate of drug-likeness (QED) is 0.907. The van der Waals surface area contributed by atoms with Crippen molar-refractivity contribution >= 4 is 27.3 Å². The van der Waals surface area contributed by atoms with E-state index in [1.807, 2.05) is 0 Å². The molecule has 0 spiro atoms. The van der Waals surface area contributed by atoms with Gasteiger partial charge in [-0.3, -0.25) is 0 Å². The van der Waals surface area contributed by atoms with Gasteiger partial charge in [-0.25, -0.2) is 22.2 Å². The van der Waals surface area contributed by atoms with Crippen LogP contribution < -0.4 is 10.2 Å². The molecule has 1 aliphatic rings. The van der Waals surface area contributed by atoms with Gasteiger partial charge in [0.05, 0.1) is 11.5 Å². The van der Waals surface area contributed by atoms with Crippen LogP contribution >= 0.6 is 0 Å². The third-order valence-electron chi connectivity index (χ3n) is 3.96. The fourth-order valence-electron chi connectivity index (χ4n) is 2.60. The minimum Gasteiger partial charge on any atom is -0.355 e. The summed E-state index contributed by atoms with van der Waals surface area (Å²) in [5.41, 5.74) is -0.333. The molecule has 1 N–H and O–H groups in total. The van der Waals surface area contributed by atoms with Gasteiger partial charge < -0.3 is 10.2 Å². The summed E-state index contributed by atoms with van der Waals surface area (Å²) < 4.78 is 50.6. The molecule has 2 aromatic rings. The number of nitrogens with zero attached hydrogens (tertiary/aromatic N) is 3. The van der Waals surface area contributed by atoms with Gasteiger partial charge in [0.15, 0.2) is 9.84 Å². The monoisotopic (exact) mass is 354 g/mol. The maximum absolute atomic E-state index is 13.7. The van der Waals surface area contributed by atoms with Crippen LogP contribution in [-0.4, -0.2) is 43.0 Å². The number of rotatable bonds is 4. The molecule has 1 atom stereocenters. The molecular weight excluding hydrogens is 338 g/mol. The first-order valence-corrected chi connectivity index (χ1v) is 9.15. The van der Waals surface area contributed by atoms with Gasteiger partial charge in [-0.15, -0.1) is 0 Å². The zero-order valence-corrected chi connectivity index (χ0v) is 13.7. The van der Waals surface area contributed by atoms with Crippen molar-refractivity contribution in [2.75, 3.05) is 28.8 Å². The van der Waals surface area contributed by atoms with E-state index >= 15 is 0 Å². The second kappa shape index (κ2) is 6.31. The highest BCUT2D eigenvalue weighted by atomic mass is 32.2. The van der Waals surface area contributed by atoms with Gasteiger partial charge in [0.2, 0.25) is 5.95 Å². The molecule has 3 rings (SSSR count). The van der Waals surface area contributed by atoms with Crippen LogP contribution in [0.15, 0.2) is 30.5 Å². The molecule has 0 bridgehead atoms. The van der Waals surface area contributed by atoms with Crippen LogP contribution in [0, 0.1) is 11.6 Å². The number of aromatic nitrogens is 2. The van der Waals surface area contributed by atoms with E-state index < -0.39 is 21.5 Å². The highest BCUT2D eigenvalue weighted by Crippen LogP contribution is 2.24. The number of benzene rings is 1. The van der Waals surface area contributed by atoms with Crippen molar-refractivity contribution in [1.29, 1.82) is 0 Å². The topological polar surface area (TPSA) is 75.2 Å². The van der Waals surface area contributed by atoms with Crippen molar-refractivity contribution in [1.82, 2.24) is 9.97 Å². The number of hydrogen-bond donors (Lipinski definition) is 1. The second-order valence-electron chi connectivity index (χ2n) is 5.63. The van der Waals surface area contributed by atoms with Gasteiger partial charge in [-0.1, -0.05) is 6.07 Å². The fraction of sp³-hybridized carbons (Fsp3) is 0.333. The van der Waals surface area contributed by atoms with Crippen molar-refractivity contribution in [2.24, 2.45) is 0 Å². The van der Waals surface area contributed by atoms with E-state index in [1.54, 1.807) is 18.0 Å². The number of sulfone groups is 1. The van der Waals surface area contributed by atoms with Crippen LogP contribution in [0.4, 0.5) is 26.2 Å². The Labute approximate surface area is 138 Å². The third-order valence-corrected chi connectivity index (χ3v) is 5.71. The predicted octanol–water partition coefficient (Wildman–Crippen LogP) is 2.12. The van der Waals surface area contributed by atoms with Gasteiger partial charge >= 0.3 is 0 Å². The molecule has 9 heteroatoms. The Kier molecular flexibility index (Phi) is 4.35. The summed E-state index contributed by atoms with van der Waals surface area (Å²) in [6.45, 7) is 0. The number of para-hydroxylation sites is 1. The number of nitrogens with one attached hydrogen (secondary N) is 1. The number of hydrogen-bond acceptors (Lipinski definition) is 6. The minimum absolute atomic E-state index is 0.0317. The summed E-state index contributed by atoms with van der Waals surface area (Å²) in [6, 6.07) is 4.97. The van der Waals surface area contributed by atoms with E-state index in [2.05, 4.69) is 15.3 Å². The number of anilines is 3. The van der Waals surface area contributed by atoms with Gasteiger partial charge in [0.1, 0.15) is 23.1 Å². The molecule has 1 unspecified atom stereocenters. The molecule has 0 radical (unpaired) electrons. The van der Waals surface area contributed by atoms with Crippen LogP contribution in [0.5, 0.6) is 0 Å². The Morgan fingerprint density at radius 1 is 1.25 bits per heavy atom. The van der Waals surface area contributed by atoms with Crippen LogP contribution in [0.3, 0.4) is 0 Å². The Morgan fingerprint density at radius 2 is 1.96 bits per heavy atom. The lowest BCUT2D eigenvalue weighted by molar-refractivity contribution is 0.590. The van der Waals surface area contributed by atoms with Crippen molar-refractivity contribution in [3.63, 3.8) is 0 Å². The van der Waals surface area contributed by atoms with Crippen LogP contribution in [0.25, 0.3) is 0 Å². The Balaban J connectivity index is 1.82. The van der Waals surface area contributed by atoms with Crippen molar-refractivity contribution < 1.29 is 17.2 Å². The zero-order chi connectivity index (χ0) is 17.3. The van der Waals surface area contributed by atoms with E-state index in [9.17, 15) is 17.2 Å². The Bertz CT molecular complexity index is 840. The van der Waals surface area contributed by atoms with Gasteiger partial charge in [-0.2, -0.15) is 4.98 Å². The van der Waals surface area contributed by atoms with Gasteiger partial charge in [0.25, 0.3) is 0 Å². The molecule has 1 aromatic carbocycles. The lowest BCUT2D eigenvalue weighted by Gasteiger charge is -2.24. The van der Waals surface area contributed by atoms with E-state index in [0.717, 1.165) is 12.1 Å². The highest BCUT2D eigenvalue weighted by Gasteiger charge is 2.31. The normalized spacial score (nSPS) is 19.2. The smallest absolute Gasteiger partial charge is 0.229 e. The minimum atomic E-state index is -3.02. The van der Waals surface area contributed by atoms with Gasteiger partial charge in [-0.05, 0) is 24.6 Å². The first-order chi connectivity index (χ1) is 11.4. The summed E-state index contributed by atoms with van der Waals surface area (Å²) in [6.07, 6.45) is 1.97. The Hall–Kier alpha value is -2.29. The highest BCUT2D eigenvalue weighted by molar-refractivity contribution is 7.91. The molecular formula is C15H16F2N4O2S. The average molecular weight is 354 g/mol. The van der Waals surface area contributed by atoms with E-state index in [0.29, 0.717) is 12.2 Å². The summed E-state index contributed by atoms with van der Waals surface area (Å²) in [7, 11) is -1.28. The first kappa shape index (κ1) is 16.6. The molecule has 1 fully saturated rings. The maximum Gasteiger partial charge on any atom is 0.229 e. The summed E-state index contributed by atoms with van der Waals surface area (Å²) in [5.74, 6) is -0.773. The summed E-state index contributed by atoms with van der Waals surface area (Å²) in [4.78, 5) is 9.92. The fourth-order valence-corrected chi connectivity index (χ4v) is 4.38. The van der Waals surface area contributed by atoms with Crippen molar-refractivity contribution in [2.45, 2.75) is 12.5 Å². The molecule has 2 heterocycles. The molecule has 6 nitrogen and oxygen atoms in total. The molecule has 0 saturated carbocycles. The number of halogens is 2. The molecule has 1 aliphatic heterocycles. The van der Waals surface area contributed by atoms with Crippen LogP contribution in [-0.2, 0) is 9.84 Å². The van der Waals surface area contributed by atoms with E-state index in [-0.39, 0.29) is 29.2 Å². The van der Waals surface area contributed by atoms with E-state index in [1.165, 1.54) is 12.3 Å². The van der Waals surface area contributed by atoms with Crippen molar-refractivity contribution in [3.05, 3.63) is 42.1 Å². The molecule has 0 amide bonds. The SMILES string of the molecule is CN(c1ccnc(Nc2c(F)cccc2F)n1)C1CCS(=O)(=O)C1. The molecule has 24 heavy (non-hydrogen) atoms. The lowest BCUT2D eigenvalue weighted by atomic mass is 10.2. The molecule has 0 aliphatic carbocycles.